The Morgan fingerprint density at radius 3 is 2.53 bits per heavy atom. The van der Waals surface area contributed by atoms with Gasteiger partial charge in [-0.15, -0.1) is 5.10 Å². The predicted octanol–water partition coefficient (Wildman–Crippen LogP) is 1.62. The quantitative estimate of drug-likeness (QED) is 0.775. The van der Waals surface area contributed by atoms with Gasteiger partial charge in [0.2, 0.25) is 5.89 Å². The van der Waals surface area contributed by atoms with Crippen molar-refractivity contribution in [3.8, 4) is 0 Å². The smallest absolute Gasteiger partial charge is 0.315 e. The van der Waals surface area contributed by atoms with E-state index in [1.807, 2.05) is 0 Å². The fourth-order valence-electron chi connectivity index (χ4n) is 0.915. The number of hydrogen-bond donors (Lipinski definition) is 2. The van der Waals surface area contributed by atoms with Crippen LogP contribution in [0.4, 0.5) is 6.01 Å². The Labute approximate surface area is 90.4 Å². The molecule has 0 aliphatic rings. The van der Waals surface area contributed by atoms with E-state index >= 15 is 0 Å². The third kappa shape index (κ3) is 3.20. The average Bonchev–Trinajstić information content (AvgIpc) is 2.62. The van der Waals surface area contributed by atoms with Crippen LogP contribution in [0, 0.1) is 11.3 Å². The van der Waals surface area contributed by atoms with Crippen LogP contribution < -0.4 is 11.1 Å². The minimum atomic E-state index is 0.192. The maximum Gasteiger partial charge on any atom is 0.315 e. The van der Waals surface area contributed by atoms with E-state index in [4.69, 9.17) is 10.2 Å². The predicted molar refractivity (Wildman–Crippen MR) is 59.3 cm³/mol. The van der Waals surface area contributed by atoms with Gasteiger partial charge in [-0.3, -0.25) is 0 Å². The summed E-state index contributed by atoms with van der Waals surface area (Å²) >= 11 is 0. The third-order valence-electron chi connectivity index (χ3n) is 2.90. The molecule has 0 radical (unpaired) electrons. The first-order chi connectivity index (χ1) is 6.95. The van der Waals surface area contributed by atoms with Crippen molar-refractivity contribution in [1.82, 2.24) is 10.2 Å². The maximum absolute atomic E-state index is 5.37. The summed E-state index contributed by atoms with van der Waals surface area (Å²) in [5.41, 5.74) is 5.56. The van der Waals surface area contributed by atoms with E-state index < -0.39 is 0 Å². The van der Waals surface area contributed by atoms with Gasteiger partial charge in [-0.05, 0) is 11.3 Å². The highest BCUT2D eigenvalue weighted by Gasteiger charge is 2.22. The largest absolute Gasteiger partial charge is 0.407 e. The molecule has 0 aromatic carbocycles. The van der Waals surface area contributed by atoms with Crippen molar-refractivity contribution in [2.75, 3.05) is 11.9 Å². The Kier molecular flexibility index (Phi) is 3.68. The van der Waals surface area contributed by atoms with Crippen LogP contribution in [0.5, 0.6) is 0 Å². The Morgan fingerprint density at radius 1 is 1.40 bits per heavy atom. The van der Waals surface area contributed by atoms with Gasteiger partial charge in [-0.1, -0.05) is 32.8 Å². The van der Waals surface area contributed by atoms with Crippen molar-refractivity contribution in [3.63, 3.8) is 0 Å². The molecule has 1 rings (SSSR count). The van der Waals surface area contributed by atoms with Crippen molar-refractivity contribution in [2.45, 2.75) is 34.2 Å². The summed E-state index contributed by atoms with van der Waals surface area (Å²) in [5.74, 6) is 1.04. The van der Waals surface area contributed by atoms with Crippen molar-refractivity contribution in [3.05, 3.63) is 5.89 Å². The maximum atomic E-state index is 5.37. The van der Waals surface area contributed by atoms with Gasteiger partial charge < -0.3 is 15.5 Å². The molecule has 0 spiro atoms. The van der Waals surface area contributed by atoms with E-state index in [1.54, 1.807) is 0 Å². The molecule has 5 heteroatoms. The van der Waals surface area contributed by atoms with E-state index in [-0.39, 0.29) is 12.0 Å². The van der Waals surface area contributed by atoms with Gasteiger partial charge in [-0.25, -0.2) is 0 Å². The molecule has 0 aliphatic carbocycles. The zero-order valence-corrected chi connectivity index (χ0v) is 9.87. The fraction of sp³-hybridized carbons (Fsp3) is 0.800. The molecule has 1 aromatic heterocycles. The summed E-state index contributed by atoms with van der Waals surface area (Å²) < 4.78 is 5.25. The first kappa shape index (κ1) is 12.0. The highest BCUT2D eigenvalue weighted by atomic mass is 16.4. The lowest BCUT2D eigenvalue weighted by Crippen LogP contribution is -2.28. The molecular formula is C10H20N4O. The first-order valence-electron chi connectivity index (χ1n) is 5.22. The SMILES string of the molecule is CC(C)C(C)(C)CNc1nnc(CN)o1. The number of nitrogens with zero attached hydrogens (tertiary/aromatic N) is 2. The molecule has 0 amide bonds. The second-order valence-corrected chi connectivity index (χ2v) is 4.70. The molecule has 0 fully saturated rings. The molecule has 0 saturated carbocycles. The van der Waals surface area contributed by atoms with Crippen molar-refractivity contribution in [1.29, 1.82) is 0 Å². The van der Waals surface area contributed by atoms with Crippen LogP contribution in [0.15, 0.2) is 4.42 Å². The van der Waals surface area contributed by atoms with E-state index in [9.17, 15) is 0 Å². The topological polar surface area (TPSA) is 77.0 Å². The number of anilines is 1. The summed E-state index contributed by atoms with van der Waals surface area (Å²) in [6, 6.07) is 0.448. The van der Waals surface area contributed by atoms with Crippen LogP contribution in [0.2, 0.25) is 0 Å². The molecule has 86 valence electrons. The van der Waals surface area contributed by atoms with Crippen LogP contribution in [-0.4, -0.2) is 16.7 Å². The number of rotatable bonds is 5. The molecule has 0 atom stereocenters. The van der Waals surface area contributed by atoms with Gasteiger partial charge in [0, 0.05) is 6.54 Å². The highest BCUT2D eigenvalue weighted by molar-refractivity contribution is 5.17. The monoisotopic (exact) mass is 212 g/mol. The Morgan fingerprint density at radius 2 is 2.07 bits per heavy atom. The van der Waals surface area contributed by atoms with Crippen molar-refractivity contribution in [2.24, 2.45) is 17.1 Å². The average molecular weight is 212 g/mol. The molecule has 0 aliphatic heterocycles. The van der Waals surface area contributed by atoms with Gasteiger partial charge in [0.25, 0.3) is 0 Å². The van der Waals surface area contributed by atoms with E-state index in [0.29, 0.717) is 17.8 Å². The van der Waals surface area contributed by atoms with Crippen molar-refractivity contribution >= 4 is 6.01 Å². The number of hydrogen-bond acceptors (Lipinski definition) is 5. The van der Waals surface area contributed by atoms with Crippen molar-refractivity contribution < 1.29 is 4.42 Å². The van der Waals surface area contributed by atoms with Crippen LogP contribution in [0.1, 0.15) is 33.6 Å². The Bertz CT molecular complexity index is 306. The lowest BCUT2D eigenvalue weighted by atomic mass is 9.81. The molecule has 0 unspecified atom stereocenters. The molecule has 0 bridgehead atoms. The zero-order valence-electron chi connectivity index (χ0n) is 9.87. The Hall–Kier alpha value is -1.10. The molecular weight excluding hydrogens is 192 g/mol. The molecule has 1 heterocycles. The summed E-state index contributed by atoms with van der Waals surface area (Å²) in [6.07, 6.45) is 0. The van der Waals surface area contributed by atoms with Gasteiger partial charge in [0.1, 0.15) is 0 Å². The van der Waals surface area contributed by atoms with E-state index in [0.717, 1.165) is 6.54 Å². The summed E-state index contributed by atoms with van der Waals surface area (Å²) in [6.45, 7) is 9.87. The summed E-state index contributed by atoms with van der Waals surface area (Å²) in [4.78, 5) is 0. The normalized spacial score (nSPS) is 12.1. The minimum Gasteiger partial charge on any atom is -0.407 e. The van der Waals surface area contributed by atoms with E-state index in [1.165, 1.54) is 0 Å². The number of nitrogens with one attached hydrogen (secondary N) is 1. The van der Waals surface area contributed by atoms with Gasteiger partial charge in [-0.2, -0.15) is 0 Å². The van der Waals surface area contributed by atoms with Crippen LogP contribution in [0.25, 0.3) is 0 Å². The minimum absolute atomic E-state index is 0.192. The molecule has 5 nitrogen and oxygen atoms in total. The second kappa shape index (κ2) is 4.61. The third-order valence-corrected chi connectivity index (χ3v) is 2.90. The van der Waals surface area contributed by atoms with Crippen LogP contribution >= 0.6 is 0 Å². The Balaban J connectivity index is 2.50. The second-order valence-electron chi connectivity index (χ2n) is 4.70. The van der Waals surface area contributed by atoms with Crippen LogP contribution in [-0.2, 0) is 6.54 Å². The molecule has 15 heavy (non-hydrogen) atoms. The molecule has 0 saturated heterocycles. The number of aromatic nitrogens is 2. The van der Waals surface area contributed by atoms with Crippen LogP contribution in [0.3, 0.4) is 0 Å². The summed E-state index contributed by atoms with van der Waals surface area (Å²) in [7, 11) is 0. The lowest BCUT2D eigenvalue weighted by molar-refractivity contribution is 0.267. The molecule has 3 N–H and O–H groups in total. The molecule has 1 aromatic rings. The zero-order chi connectivity index (χ0) is 11.5. The first-order valence-corrected chi connectivity index (χ1v) is 5.22. The summed E-state index contributed by atoms with van der Waals surface area (Å²) in [5, 5.41) is 10.7. The lowest BCUT2D eigenvalue weighted by Gasteiger charge is -2.28. The van der Waals surface area contributed by atoms with Gasteiger partial charge >= 0.3 is 6.01 Å². The van der Waals surface area contributed by atoms with Gasteiger partial charge in [0.15, 0.2) is 0 Å². The fourth-order valence-corrected chi connectivity index (χ4v) is 0.915. The van der Waals surface area contributed by atoms with Gasteiger partial charge in [0.05, 0.1) is 6.54 Å². The number of nitrogens with two attached hydrogens (primary N) is 1. The van der Waals surface area contributed by atoms with E-state index in [2.05, 4.69) is 43.2 Å². The standard InChI is InChI=1S/C10H20N4O/c1-7(2)10(3,4)6-12-9-14-13-8(5-11)15-9/h7H,5-6,11H2,1-4H3,(H,12,14). The highest BCUT2D eigenvalue weighted by Crippen LogP contribution is 2.26.